The van der Waals surface area contributed by atoms with Gasteiger partial charge in [-0.25, -0.2) is 0 Å². The molecule has 0 amide bonds. The molecule has 4 rings (SSSR count). The molecule has 1 heterocycles. The lowest BCUT2D eigenvalue weighted by Gasteiger charge is -2.18. The van der Waals surface area contributed by atoms with Crippen LogP contribution in [0.2, 0.25) is 0 Å². The van der Waals surface area contributed by atoms with Crippen LogP contribution < -0.4 is 9.47 Å². The standard InChI is InChI=1S/C28H27N5O4S/c1-4-36-26-15-21(12-13-25(26)37-18-23-10-6-5-9-22(23)16-29)27(17-32(34)35)38-28-31-30-20(3)33(28)24-11-7-8-19(2)14-24/h5-15,27H,4,17-18H2,1-3H3/t27-/m0/s1. The predicted octanol–water partition coefficient (Wildman–Crippen LogP) is 5.84. The Morgan fingerprint density at radius 2 is 1.87 bits per heavy atom. The minimum Gasteiger partial charge on any atom is -0.490 e. The van der Waals surface area contributed by atoms with Crippen molar-refractivity contribution >= 4 is 11.8 Å². The molecule has 9 nitrogen and oxygen atoms in total. The number of rotatable bonds is 11. The molecule has 194 valence electrons. The van der Waals surface area contributed by atoms with E-state index in [2.05, 4.69) is 16.3 Å². The monoisotopic (exact) mass is 529 g/mol. The van der Waals surface area contributed by atoms with E-state index in [1.165, 1.54) is 11.8 Å². The molecule has 0 aliphatic heterocycles. The highest BCUT2D eigenvalue weighted by atomic mass is 32.2. The topological polar surface area (TPSA) is 116 Å². The van der Waals surface area contributed by atoms with Gasteiger partial charge < -0.3 is 9.47 Å². The summed E-state index contributed by atoms with van der Waals surface area (Å²) in [6.45, 7) is 5.98. The first kappa shape index (κ1) is 26.7. The van der Waals surface area contributed by atoms with Crippen LogP contribution in [0.4, 0.5) is 0 Å². The summed E-state index contributed by atoms with van der Waals surface area (Å²) in [6, 6.07) is 22.7. The summed E-state index contributed by atoms with van der Waals surface area (Å²) in [5.41, 5.74) is 3.98. The Labute approximate surface area is 225 Å². The van der Waals surface area contributed by atoms with Crippen molar-refractivity contribution in [1.82, 2.24) is 14.8 Å². The average molecular weight is 530 g/mol. The molecule has 0 fully saturated rings. The fourth-order valence-electron chi connectivity index (χ4n) is 3.98. The maximum atomic E-state index is 11.6. The van der Waals surface area contributed by atoms with Gasteiger partial charge in [-0.05, 0) is 62.2 Å². The van der Waals surface area contributed by atoms with Gasteiger partial charge in [0.25, 0.3) is 0 Å². The van der Waals surface area contributed by atoms with Gasteiger partial charge in [-0.2, -0.15) is 5.26 Å². The maximum Gasteiger partial charge on any atom is 0.220 e. The number of nitrogens with zero attached hydrogens (tertiary/aromatic N) is 5. The molecule has 0 N–H and O–H groups in total. The average Bonchev–Trinajstić information content (AvgIpc) is 3.27. The van der Waals surface area contributed by atoms with E-state index in [-0.39, 0.29) is 18.1 Å². The second-order valence-corrected chi connectivity index (χ2v) is 9.69. The quantitative estimate of drug-likeness (QED) is 0.135. The zero-order valence-electron chi connectivity index (χ0n) is 21.3. The van der Waals surface area contributed by atoms with Crippen molar-refractivity contribution in [2.75, 3.05) is 13.2 Å². The van der Waals surface area contributed by atoms with Crippen LogP contribution in [0.1, 0.15) is 40.3 Å². The minimum absolute atomic E-state index is 0.190. The SMILES string of the molecule is CCOc1cc([C@H](C[N+](=O)[O-])Sc2nnc(C)n2-c2cccc(C)c2)ccc1OCc1ccccc1C#N. The summed E-state index contributed by atoms with van der Waals surface area (Å²) in [4.78, 5) is 11.3. The third-order valence-corrected chi connectivity index (χ3v) is 6.96. The highest BCUT2D eigenvalue weighted by molar-refractivity contribution is 7.99. The first-order valence-corrected chi connectivity index (χ1v) is 12.9. The second kappa shape index (κ2) is 12.3. The molecule has 0 radical (unpaired) electrons. The van der Waals surface area contributed by atoms with E-state index in [1.54, 1.807) is 30.3 Å². The van der Waals surface area contributed by atoms with Gasteiger partial charge in [0.2, 0.25) is 6.54 Å². The largest absolute Gasteiger partial charge is 0.490 e. The Morgan fingerprint density at radius 3 is 2.61 bits per heavy atom. The third kappa shape index (κ3) is 6.30. The van der Waals surface area contributed by atoms with E-state index in [0.717, 1.165) is 16.8 Å². The number of nitro groups is 1. The van der Waals surface area contributed by atoms with Crippen LogP contribution in [-0.4, -0.2) is 32.8 Å². The summed E-state index contributed by atoms with van der Waals surface area (Å²) in [5.74, 6) is 1.66. The number of benzene rings is 3. The molecule has 1 atom stereocenters. The fourth-order valence-corrected chi connectivity index (χ4v) is 5.14. The molecular weight excluding hydrogens is 502 g/mol. The first-order chi connectivity index (χ1) is 18.4. The fraction of sp³-hybridized carbons (Fsp3) is 0.250. The van der Waals surface area contributed by atoms with Crippen molar-refractivity contribution in [3.63, 3.8) is 0 Å². The zero-order valence-corrected chi connectivity index (χ0v) is 22.1. The van der Waals surface area contributed by atoms with E-state index in [4.69, 9.17) is 9.47 Å². The molecule has 1 aromatic heterocycles. The van der Waals surface area contributed by atoms with Gasteiger partial charge in [0.05, 0.1) is 18.2 Å². The molecule has 3 aromatic carbocycles. The number of ether oxygens (including phenoxy) is 2. The number of nitriles is 1. The Morgan fingerprint density at radius 1 is 1.05 bits per heavy atom. The first-order valence-electron chi connectivity index (χ1n) is 12.0. The van der Waals surface area contributed by atoms with Gasteiger partial charge >= 0.3 is 0 Å². The second-order valence-electron chi connectivity index (χ2n) is 8.52. The van der Waals surface area contributed by atoms with Crippen molar-refractivity contribution < 1.29 is 14.4 Å². The zero-order chi connectivity index (χ0) is 27.1. The van der Waals surface area contributed by atoms with Crippen LogP contribution in [0.25, 0.3) is 5.69 Å². The summed E-state index contributed by atoms with van der Waals surface area (Å²) in [6.07, 6.45) is 0. The smallest absolute Gasteiger partial charge is 0.220 e. The number of hydrogen-bond acceptors (Lipinski definition) is 8. The van der Waals surface area contributed by atoms with Crippen LogP contribution in [-0.2, 0) is 6.61 Å². The number of hydrogen-bond donors (Lipinski definition) is 0. The van der Waals surface area contributed by atoms with Crippen molar-refractivity contribution in [3.8, 4) is 23.3 Å². The van der Waals surface area contributed by atoms with Crippen molar-refractivity contribution in [3.05, 3.63) is 105 Å². The molecule has 0 spiro atoms. The van der Waals surface area contributed by atoms with Gasteiger partial charge in [0, 0.05) is 16.2 Å². The summed E-state index contributed by atoms with van der Waals surface area (Å²) < 4.78 is 13.7. The maximum absolute atomic E-state index is 11.6. The van der Waals surface area contributed by atoms with Crippen LogP contribution in [0.15, 0.2) is 71.9 Å². The number of aryl methyl sites for hydroxylation is 2. The van der Waals surface area contributed by atoms with Crippen molar-refractivity contribution in [2.45, 2.75) is 37.8 Å². The lowest BCUT2D eigenvalue weighted by atomic mass is 10.1. The summed E-state index contributed by atoms with van der Waals surface area (Å²) in [7, 11) is 0. The summed E-state index contributed by atoms with van der Waals surface area (Å²) in [5, 5.41) is 29.6. The molecular formula is C28H27N5O4S. The molecule has 0 unspecified atom stereocenters. The lowest BCUT2D eigenvalue weighted by Crippen LogP contribution is -2.12. The van der Waals surface area contributed by atoms with Crippen LogP contribution in [0, 0.1) is 35.3 Å². The van der Waals surface area contributed by atoms with Crippen LogP contribution >= 0.6 is 11.8 Å². The number of aromatic nitrogens is 3. The molecule has 0 saturated carbocycles. The Kier molecular flexibility index (Phi) is 8.61. The van der Waals surface area contributed by atoms with Gasteiger partial charge in [-0.15, -0.1) is 10.2 Å². The molecule has 0 bridgehead atoms. The molecule has 0 aliphatic rings. The van der Waals surface area contributed by atoms with Crippen molar-refractivity contribution in [1.29, 1.82) is 5.26 Å². The van der Waals surface area contributed by atoms with Crippen LogP contribution in [0.5, 0.6) is 11.5 Å². The highest BCUT2D eigenvalue weighted by Gasteiger charge is 2.25. The number of thioether (sulfide) groups is 1. The van der Waals surface area contributed by atoms with E-state index >= 15 is 0 Å². The van der Waals surface area contributed by atoms with E-state index in [0.29, 0.717) is 40.2 Å². The normalized spacial score (nSPS) is 11.5. The Hall–Kier alpha value is -4.36. The van der Waals surface area contributed by atoms with E-state index < -0.39 is 5.25 Å². The summed E-state index contributed by atoms with van der Waals surface area (Å²) >= 11 is 1.28. The van der Waals surface area contributed by atoms with Gasteiger partial charge in [0.15, 0.2) is 16.7 Å². The van der Waals surface area contributed by atoms with E-state index in [1.807, 2.05) is 61.7 Å². The molecule has 38 heavy (non-hydrogen) atoms. The third-order valence-electron chi connectivity index (χ3n) is 5.78. The Bertz CT molecular complexity index is 1480. The Balaban J connectivity index is 1.64. The van der Waals surface area contributed by atoms with Gasteiger partial charge in [-0.1, -0.05) is 48.2 Å². The minimum atomic E-state index is -0.551. The van der Waals surface area contributed by atoms with Gasteiger partial charge in [0.1, 0.15) is 17.7 Å². The molecule has 0 aliphatic carbocycles. The van der Waals surface area contributed by atoms with Crippen molar-refractivity contribution in [2.24, 2.45) is 0 Å². The lowest BCUT2D eigenvalue weighted by molar-refractivity contribution is -0.479. The molecule has 4 aromatic rings. The predicted molar refractivity (Wildman–Crippen MR) is 144 cm³/mol. The van der Waals surface area contributed by atoms with E-state index in [9.17, 15) is 15.4 Å². The van der Waals surface area contributed by atoms with Gasteiger partial charge in [-0.3, -0.25) is 14.7 Å². The molecule has 10 heteroatoms. The molecule has 0 saturated heterocycles. The highest BCUT2D eigenvalue weighted by Crippen LogP contribution is 2.40. The van der Waals surface area contributed by atoms with Crippen LogP contribution in [0.3, 0.4) is 0 Å².